The number of nitro groups is 1. The fourth-order valence-corrected chi connectivity index (χ4v) is 2.75. The third-order valence-electron chi connectivity index (χ3n) is 3.98. The molecule has 0 aliphatic carbocycles. The Kier molecular flexibility index (Phi) is 5.40. The summed E-state index contributed by atoms with van der Waals surface area (Å²) in [5.41, 5.74) is -0.128. The molecule has 0 spiro atoms. The standard InChI is InChI=1S/C20H17N3O6/c1-12(2)29-17-9-4-3-6-13(17)10-16-18(24)21-20(26)22(19(16)25)14-7-5-8-15(11-14)23(27)28/h3-12H,1-2H3,(H,21,24,26)/b16-10+. The van der Waals surface area contributed by atoms with Crippen LogP contribution in [-0.2, 0) is 9.59 Å². The molecule has 0 saturated carbocycles. The first kappa shape index (κ1) is 19.7. The average molecular weight is 395 g/mol. The van der Waals surface area contributed by atoms with Crippen LogP contribution in [0.1, 0.15) is 19.4 Å². The fraction of sp³-hybridized carbons (Fsp3) is 0.150. The highest BCUT2D eigenvalue weighted by molar-refractivity contribution is 6.39. The highest BCUT2D eigenvalue weighted by Gasteiger charge is 2.37. The Morgan fingerprint density at radius 2 is 1.83 bits per heavy atom. The summed E-state index contributed by atoms with van der Waals surface area (Å²) in [4.78, 5) is 48.5. The first-order chi connectivity index (χ1) is 13.8. The zero-order valence-electron chi connectivity index (χ0n) is 15.6. The Hall–Kier alpha value is -4.01. The maximum atomic E-state index is 12.9. The van der Waals surface area contributed by atoms with Crippen LogP contribution in [0, 0.1) is 10.1 Å². The first-order valence-corrected chi connectivity index (χ1v) is 8.69. The van der Waals surface area contributed by atoms with Gasteiger partial charge in [-0.3, -0.25) is 25.0 Å². The van der Waals surface area contributed by atoms with Gasteiger partial charge in [-0.25, -0.2) is 9.69 Å². The number of rotatable bonds is 5. The maximum absolute atomic E-state index is 12.9. The third kappa shape index (κ3) is 4.13. The van der Waals surface area contributed by atoms with Crippen LogP contribution in [0.4, 0.5) is 16.2 Å². The van der Waals surface area contributed by atoms with E-state index in [1.807, 2.05) is 13.8 Å². The number of ether oxygens (including phenoxy) is 1. The lowest BCUT2D eigenvalue weighted by molar-refractivity contribution is -0.384. The largest absolute Gasteiger partial charge is 0.490 e. The van der Waals surface area contributed by atoms with Gasteiger partial charge >= 0.3 is 6.03 Å². The number of imide groups is 2. The smallest absolute Gasteiger partial charge is 0.335 e. The Balaban J connectivity index is 2.03. The number of anilines is 1. The van der Waals surface area contributed by atoms with Crippen molar-refractivity contribution in [1.82, 2.24) is 5.32 Å². The molecule has 0 bridgehead atoms. The number of hydrogen-bond donors (Lipinski definition) is 1. The molecule has 29 heavy (non-hydrogen) atoms. The summed E-state index contributed by atoms with van der Waals surface area (Å²) in [7, 11) is 0. The van der Waals surface area contributed by atoms with Crippen LogP contribution < -0.4 is 15.0 Å². The molecule has 1 saturated heterocycles. The van der Waals surface area contributed by atoms with Gasteiger partial charge in [-0.1, -0.05) is 24.3 Å². The van der Waals surface area contributed by atoms with Crippen molar-refractivity contribution in [3.05, 3.63) is 69.8 Å². The van der Waals surface area contributed by atoms with Gasteiger partial charge in [0.2, 0.25) is 0 Å². The Morgan fingerprint density at radius 1 is 1.10 bits per heavy atom. The Morgan fingerprint density at radius 3 is 2.52 bits per heavy atom. The molecular formula is C20H17N3O6. The van der Waals surface area contributed by atoms with E-state index in [0.717, 1.165) is 6.07 Å². The van der Waals surface area contributed by atoms with E-state index in [1.54, 1.807) is 24.3 Å². The molecule has 9 nitrogen and oxygen atoms in total. The Labute approximate surface area is 165 Å². The number of hydrogen-bond acceptors (Lipinski definition) is 6. The summed E-state index contributed by atoms with van der Waals surface area (Å²) in [5, 5.41) is 13.1. The van der Waals surface area contributed by atoms with Crippen molar-refractivity contribution >= 4 is 35.3 Å². The second-order valence-corrected chi connectivity index (χ2v) is 6.44. The molecule has 148 valence electrons. The van der Waals surface area contributed by atoms with E-state index in [2.05, 4.69) is 5.32 Å². The lowest BCUT2D eigenvalue weighted by Crippen LogP contribution is -2.54. The maximum Gasteiger partial charge on any atom is 0.335 e. The quantitative estimate of drug-likeness (QED) is 0.360. The van der Waals surface area contributed by atoms with Crippen LogP contribution in [0.15, 0.2) is 54.1 Å². The third-order valence-corrected chi connectivity index (χ3v) is 3.98. The highest BCUT2D eigenvalue weighted by atomic mass is 16.6. The van der Waals surface area contributed by atoms with Crippen molar-refractivity contribution in [2.45, 2.75) is 20.0 Å². The van der Waals surface area contributed by atoms with Crippen molar-refractivity contribution in [3.8, 4) is 5.75 Å². The topological polar surface area (TPSA) is 119 Å². The van der Waals surface area contributed by atoms with Crippen molar-refractivity contribution in [3.63, 3.8) is 0 Å². The normalized spacial score (nSPS) is 15.6. The van der Waals surface area contributed by atoms with Gasteiger partial charge in [0.25, 0.3) is 17.5 Å². The minimum Gasteiger partial charge on any atom is -0.490 e. The number of nitrogens with one attached hydrogen (secondary N) is 1. The number of amides is 4. The van der Waals surface area contributed by atoms with Crippen molar-refractivity contribution in [2.24, 2.45) is 0 Å². The van der Waals surface area contributed by atoms with Gasteiger partial charge in [0, 0.05) is 17.7 Å². The van der Waals surface area contributed by atoms with Crippen molar-refractivity contribution in [2.75, 3.05) is 4.90 Å². The second-order valence-electron chi connectivity index (χ2n) is 6.44. The number of barbiturate groups is 1. The molecule has 0 atom stereocenters. The molecule has 1 aliphatic rings. The van der Waals surface area contributed by atoms with Gasteiger partial charge in [-0.2, -0.15) is 0 Å². The van der Waals surface area contributed by atoms with Gasteiger partial charge in [0.15, 0.2) is 0 Å². The van der Waals surface area contributed by atoms with E-state index in [9.17, 15) is 24.5 Å². The number of nitro benzene ring substituents is 1. The summed E-state index contributed by atoms with van der Waals surface area (Å²) < 4.78 is 5.69. The molecule has 0 unspecified atom stereocenters. The molecule has 1 heterocycles. The number of para-hydroxylation sites is 1. The summed E-state index contributed by atoms with van der Waals surface area (Å²) in [6, 6.07) is 10.9. The summed E-state index contributed by atoms with van der Waals surface area (Å²) >= 11 is 0. The Bertz CT molecular complexity index is 1040. The van der Waals surface area contributed by atoms with Crippen LogP contribution in [0.2, 0.25) is 0 Å². The van der Waals surface area contributed by atoms with Crippen LogP contribution >= 0.6 is 0 Å². The van der Waals surface area contributed by atoms with Gasteiger partial charge in [0.1, 0.15) is 11.3 Å². The SMILES string of the molecule is CC(C)Oc1ccccc1/C=C1\C(=O)NC(=O)N(c2cccc([N+](=O)[O-])c2)C1=O. The van der Waals surface area contributed by atoms with E-state index in [1.165, 1.54) is 24.3 Å². The molecule has 0 aromatic heterocycles. The second kappa shape index (κ2) is 7.93. The first-order valence-electron chi connectivity index (χ1n) is 8.69. The zero-order valence-corrected chi connectivity index (χ0v) is 15.6. The molecule has 1 fully saturated rings. The molecule has 4 amide bonds. The van der Waals surface area contributed by atoms with Crippen LogP contribution in [-0.4, -0.2) is 28.9 Å². The van der Waals surface area contributed by atoms with Gasteiger partial charge in [-0.15, -0.1) is 0 Å². The van der Waals surface area contributed by atoms with E-state index in [0.29, 0.717) is 16.2 Å². The monoisotopic (exact) mass is 395 g/mol. The van der Waals surface area contributed by atoms with Crippen LogP contribution in [0.3, 0.4) is 0 Å². The van der Waals surface area contributed by atoms with E-state index in [-0.39, 0.29) is 23.1 Å². The summed E-state index contributed by atoms with van der Waals surface area (Å²) in [6.07, 6.45) is 1.19. The fourth-order valence-electron chi connectivity index (χ4n) is 2.75. The van der Waals surface area contributed by atoms with E-state index < -0.39 is 22.8 Å². The molecule has 0 radical (unpaired) electrons. The predicted molar refractivity (Wildman–Crippen MR) is 104 cm³/mol. The molecule has 9 heteroatoms. The van der Waals surface area contributed by atoms with E-state index in [4.69, 9.17) is 4.74 Å². The average Bonchev–Trinajstić information content (AvgIpc) is 2.66. The molecule has 1 aliphatic heterocycles. The minimum atomic E-state index is -0.982. The van der Waals surface area contributed by atoms with Crippen LogP contribution in [0.5, 0.6) is 5.75 Å². The van der Waals surface area contributed by atoms with Gasteiger partial charge in [-0.05, 0) is 32.1 Å². The molecule has 3 rings (SSSR count). The minimum absolute atomic E-state index is 0.0215. The number of nitrogens with zero attached hydrogens (tertiary/aromatic N) is 2. The number of carbonyl (C=O) groups excluding carboxylic acids is 3. The molecular weight excluding hydrogens is 378 g/mol. The lowest BCUT2D eigenvalue weighted by Gasteiger charge is -2.26. The molecule has 2 aromatic rings. The van der Waals surface area contributed by atoms with Gasteiger partial charge < -0.3 is 4.74 Å². The van der Waals surface area contributed by atoms with E-state index >= 15 is 0 Å². The number of non-ortho nitro benzene ring substituents is 1. The van der Waals surface area contributed by atoms with Crippen LogP contribution in [0.25, 0.3) is 6.08 Å². The van der Waals surface area contributed by atoms with Crippen molar-refractivity contribution in [1.29, 1.82) is 0 Å². The number of urea groups is 1. The number of carbonyl (C=O) groups is 3. The van der Waals surface area contributed by atoms with Gasteiger partial charge in [0.05, 0.1) is 16.7 Å². The lowest BCUT2D eigenvalue weighted by atomic mass is 10.1. The number of benzene rings is 2. The molecule has 2 aromatic carbocycles. The summed E-state index contributed by atoms with van der Waals surface area (Å²) in [5.74, 6) is -1.28. The predicted octanol–water partition coefficient (Wildman–Crippen LogP) is 3.05. The highest BCUT2D eigenvalue weighted by Crippen LogP contribution is 2.27. The zero-order chi connectivity index (χ0) is 21.1. The summed E-state index contributed by atoms with van der Waals surface area (Å²) in [6.45, 7) is 3.68. The molecule has 1 N–H and O–H groups in total. The van der Waals surface area contributed by atoms with Crippen molar-refractivity contribution < 1.29 is 24.0 Å².